The van der Waals surface area contributed by atoms with Gasteiger partial charge in [0.15, 0.2) is 0 Å². The van der Waals surface area contributed by atoms with Crippen molar-refractivity contribution in [3.8, 4) is 0 Å². The van der Waals surface area contributed by atoms with Crippen molar-refractivity contribution in [1.29, 1.82) is 0 Å². The number of pyridine rings is 1. The van der Waals surface area contributed by atoms with Crippen molar-refractivity contribution in [2.75, 3.05) is 26.8 Å². The van der Waals surface area contributed by atoms with E-state index in [1.807, 2.05) is 24.4 Å². The van der Waals surface area contributed by atoms with Crippen LogP contribution >= 0.6 is 0 Å². The number of nitrogens with one attached hydrogen (secondary N) is 2. The minimum Gasteiger partial charge on any atom is -0.375 e. The molecule has 2 aliphatic rings. The second kappa shape index (κ2) is 8.39. The minimum absolute atomic E-state index is 0.0442. The molecule has 1 amide bonds. The summed E-state index contributed by atoms with van der Waals surface area (Å²) >= 11 is 0. The van der Waals surface area contributed by atoms with E-state index in [2.05, 4.69) is 33.8 Å². The van der Waals surface area contributed by atoms with E-state index in [4.69, 9.17) is 9.47 Å². The first-order valence-corrected chi connectivity index (χ1v) is 9.83. The number of ether oxygens (including phenoxy) is 2. The lowest BCUT2D eigenvalue weighted by atomic mass is 9.72. The molecule has 1 saturated heterocycles. The second-order valence-electron chi connectivity index (χ2n) is 7.56. The summed E-state index contributed by atoms with van der Waals surface area (Å²) in [5, 5.41) is 6.63. The highest BCUT2D eigenvalue weighted by Crippen LogP contribution is 2.51. The molecule has 1 aromatic carbocycles. The van der Waals surface area contributed by atoms with E-state index in [9.17, 15) is 4.79 Å². The van der Waals surface area contributed by atoms with Gasteiger partial charge in [0.05, 0.1) is 18.8 Å². The van der Waals surface area contributed by atoms with Gasteiger partial charge in [-0.05, 0) is 48.7 Å². The molecule has 1 spiro atoms. The number of piperidine rings is 1. The fraction of sp³-hybridized carbons (Fsp3) is 0.455. The van der Waals surface area contributed by atoms with Crippen molar-refractivity contribution in [3.63, 3.8) is 0 Å². The summed E-state index contributed by atoms with van der Waals surface area (Å²) in [4.78, 5) is 16.6. The summed E-state index contributed by atoms with van der Waals surface area (Å²) in [6.45, 7) is 2.40. The van der Waals surface area contributed by atoms with Crippen LogP contribution in [0.3, 0.4) is 0 Å². The number of benzene rings is 1. The first-order valence-electron chi connectivity index (χ1n) is 9.83. The standard InChI is InChI=1S/C22H27N3O3/c1-27-15-19(26)25-20-17-6-2-3-7-18(17)22(8-11-23-12-9-22)21(20)28-14-16-5-4-10-24-13-16/h2-7,10,13,20-21,23H,8-9,11-12,14-15H2,1H3,(H,25,26)/t20-,21+/m0/s1. The molecule has 1 aromatic heterocycles. The Bertz CT molecular complexity index is 806. The van der Waals surface area contributed by atoms with Crippen LogP contribution in [0.25, 0.3) is 0 Å². The minimum atomic E-state index is -0.186. The quantitative estimate of drug-likeness (QED) is 0.802. The molecule has 0 bridgehead atoms. The van der Waals surface area contributed by atoms with Gasteiger partial charge in [0.2, 0.25) is 5.91 Å². The van der Waals surface area contributed by atoms with Crippen molar-refractivity contribution in [3.05, 3.63) is 65.5 Å². The first kappa shape index (κ1) is 19.1. The molecule has 2 N–H and O–H groups in total. The molecule has 2 aromatic rings. The lowest BCUT2D eigenvalue weighted by Gasteiger charge is -2.41. The predicted molar refractivity (Wildman–Crippen MR) is 106 cm³/mol. The number of carbonyl (C=O) groups is 1. The molecule has 2 atom stereocenters. The Hall–Kier alpha value is -2.28. The number of hydrogen-bond donors (Lipinski definition) is 2. The van der Waals surface area contributed by atoms with Gasteiger partial charge in [0.25, 0.3) is 0 Å². The fourth-order valence-electron chi connectivity index (χ4n) is 4.71. The van der Waals surface area contributed by atoms with Gasteiger partial charge < -0.3 is 20.1 Å². The van der Waals surface area contributed by atoms with Crippen LogP contribution in [0.2, 0.25) is 0 Å². The molecule has 4 rings (SSSR count). The Morgan fingerprint density at radius 1 is 1.25 bits per heavy atom. The van der Waals surface area contributed by atoms with E-state index in [0.29, 0.717) is 6.61 Å². The molecular weight excluding hydrogens is 354 g/mol. The third-order valence-electron chi connectivity index (χ3n) is 5.92. The summed E-state index contributed by atoms with van der Waals surface area (Å²) < 4.78 is 11.6. The molecule has 1 fully saturated rings. The highest BCUT2D eigenvalue weighted by molar-refractivity contribution is 5.78. The van der Waals surface area contributed by atoms with E-state index >= 15 is 0 Å². The zero-order valence-corrected chi connectivity index (χ0v) is 16.2. The predicted octanol–water partition coefficient (Wildman–Crippen LogP) is 2.11. The van der Waals surface area contributed by atoms with Crippen LogP contribution in [0.5, 0.6) is 0 Å². The van der Waals surface area contributed by atoms with Crippen molar-refractivity contribution < 1.29 is 14.3 Å². The van der Waals surface area contributed by atoms with Crippen molar-refractivity contribution in [2.24, 2.45) is 0 Å². The Kier molecular flexibility index (Phi) is 5.71. The zero-order chi connectivity index (χ0) is 19.4. The highest BCUT2D eigenvalue weighted by Gasteiger charge is 2.53. The number of fused-ring (bicyclic) bond motifs is 2. The first-order chi connectivity index (χ1) is 13.7. The molecule has 6 nitrogen and oxygen atoms in total. The maximum Gasteiger partial charge on any atom is 0.246 e. The van der Waals surface area contributed by atoms with Gasteiger partial charge in [-0.25, -0.2) is 0 Å². The number of hydrogen-bond acceptors (Lipinski definition) is 5. The fourth-order valence-corrected chi connectivity index (χ4v) is 4.71. The van der Waals surface area contributed by atoms with Gasteiger partial charge in [0.1, 0.15) is 6.61 Å². The largest absolute Gasteiger partial charge is 0.375 e. The maximum absolute atomic E-state index is 12.4. The molecule has 1 aliphatic carbocycles. The van der Waals surface area contributed by atoms with Crippen LogP contribution < -0.4 is 10.6 Å². The Morgan fingerprint density at radius 3 is 2.82 bits per heavy atom. The number of methoxy groups -OCH3 is 1. The normalized spacial score (nSPS) is 22.8. The van der Waals surface area contributed by atoms with Crippen LogP contribution in [0, 0.1) is 0 Å². The van der Waals surface area contributed by atoms with Crippen LogP contribution in [-0.2, 0) is 26.3 Å². The molecule has 0 saturated carbocycles. The van der Waals surface area contributed by atoms with Gasteiger partial charge >= 0.3 is 0 Å². The Morgan fingerprint density at radius 2 is 2.07 bits per heavy atom. The zero-order valence-electron chi connectivity index (χ0n) is 16.2. The number of carbonyl (C=O) groups excluding carboxylic acids is 1. The molecule has 6 heteroatoms. The lowest BCUT2D eigenvalue weighted by Crippen LogP contribution is -2.50. The van der Waals surface area contributed by atoms with Crippen LogP contribution in [0.4, 0.5) is 0 Å². The molecule has 1 aliphatic heterocycles. The molecule has 0 radical (unpaired) electrons. The van der Waals surface area contributed by atoms with Crippen molar-refractivity contribution in [2.45, 2.75) is 37.0 Å². The molecule has 0 unspecified atom stereocenters. The van der Waals surface area contributed by atoms with E-state index in [1.165, 1.54) is 12.7 Å². The van der Waals surface area contributed by atoms with Crippen LogP contribution in [0.1, 0.15) is 35.6 Å². The van der Waals surface area contributed by atoms with Crippen LogP contribution in [0.15, 0.2) is 48.8 Å². The SMILES string of the molecule is COCC(=O)N[C@H]1c2ccccc2C2(CCNCC2)[C@@H]1OCc1cccnc1. The summed E-state index contributed by atoms with van der Waals surface area (Å²) in [6, 6.07) is 12.2. The van der Waals surface area contributed by atoms with Gasteiger partial charge in [-0.15, -0.1) is 0 Å². The molecule has 2 heterocycles. The number of aromatic nitrogens is 1. The van der Waals surface area contributed by atoms with Crippen molar-refractivity contribution >= 4 is 5.91 Å². The van der Waals surface area contributed by atoms with Crippen molar-refractivity contribution in [1.82, 2.24) is 15.6 Å². The highest BCUT2D eigenvalue weighted by atomic mass is 16.5. The smallest absolute Gasteiger partial charge is 0.246 e. The van der Waals surface area contributed by atoms with E-state index in [0.717, 1.165) is 37.1 Å². The van der Waals surface area contributed by atoms with E-state index in [-0.39, 0.29) is 30.1 Å². The third kappa shape index (κ3) is 3.55. The lowest BCUT2D eigenvalue weighted by molar-refractivity contribution is -0.127. The molecule has 148 valence electrons. The summed E-state index contributed by atoms with van der Waals surface area (Å²) in [6.07, 6.45) is 5.43. The average molecular weight is 381 g/mol. The van der Waals surface area contributed by atoms with Gasteiger partial charge in [0, 0.05) is 24.9 Å². The van der Waals surface area contributed by atoms with Gasteiger partial charge in [-0.1, -0.05) is 30.3 Å². The maximum atomic E-state index is 12.4. The Labute approximate surface area is 165 Å². The summed E-state index contributed by atoms with van der Waals surface area (Å²) in [5.41, 5.74) is 3.39. The number of rotatable bonds is 6. The molecular formula is C22H27N3O3. The average Bonchev–Trinajstić information content (AvgIpc) is 2.97. The number of nitrogens with zero attached hydrogens (tertiary/aromatic N) is 1. The van der Waals surface area contributed by atoms with E-state index < -0.39 is 0 Å². The second-order valence-corrected chi connectivity index (χ2v) is 7.56. The monoisotopic (exact) mass is 381 g/mol. The molecule has 28 heavy (non-hydrogen) atoms. The summed E-state index contributed by atoms with van der Waals surface area (Å²) in [7, 11) is 1.53. The van der Waals surface area contributed by atoms with E-state index in [1.54, 1.807) is 6.20 Å². The Balaban J connectivity index is 1.67. The number of amides is 1. The van der Waals surface area contributed by atoms with Gasteiger partial charge in [-0.3, -0.25) is 9.78 Å². The topological polar surface area (TPSA) is 72.5 Å². The summed E-state index contributed by atoms with van der Waals surface area (Å²) in [5.74, 6) is -0.122. The van der Waals surface area contributed by atoms with Crippen LogP contribution in [-0.4, -0.2) is 43.8 Å². The van der Waals surface area contributed by atoms with Gasteiger partial charge in [-0.2, -0.15) is 0 Å². The third-order valence-corrected chi connectivity index (χ3v) is 5.92.